The van der Waals surface area contributed by atoms with Crippen LogP contribution in [0.25, 0.3) is 0 Å². The number of anilines is 1. The highest BCUT2D eigenvalue weighted by Gasteiger charge is 2.20. The molecule has 1 aliphatic carbocycles. The molecule has 0 aromatic heterocycles. The second kappa shape index (κ2) is 5.39. The van der Waals surface area contributed by atoms with Crippen LogP contribution in [0.2, 0.25) is 0 Å². The summed E-state index contributed by atoms with van der Waals surface area (Å²) >= 11 is 0. The normalized spacial score (nSPS) is 15.9. The second-order valence-corrected chi connectivity index (χ2v) is 4.21. The van der Waals surface area contributed by atoms with Crippen LogP contribution in [0.5, 0.6) is 0 Å². The van der Waals surface area contributed by atoms with Crippen LogP contribution in [0.3, 0.4) is 0 Å². The van der Waals surface area contributed by atoms with Crippen molar-refractivity contribution in [1.82, 2.24) is 0 Å². The summed E-state index contributed by atoms with van der Waals surface area (Å²) in [6.07, 6.45) is 2.79. The number of amides is 1. The van der Waals surface area contributed by atoms with Gasteiger partial charge in [0.1, 0.15) is 0 Å². The summed E-state index contributed by atoms with van der Waals surface area (Å²) in [5.41, 5.74) is 8.17. The number of benzene rings is 1. The van der Waals surface area contributed by atoms with Crippen molar-refractivity contribution in [2.45, 2.75) is 25.8 Å². The highest BCUT2D eigenvalue weighted by atomic mass is 16.1. The first kappa shape index (κ1) is 12.2. The quantitative estimate of drug-likeness (QED) is 0.272. The van der Waals surface area contributed by atoms with Gasteiger partial charge in [-0.15, -0.1) is 5.10 Å². The number of rotatable bonds is 5. The molecule has 1 saturated carbocycles. The highest BCUT2D eigenvalue weighted by Crippen LogP contribution is 2.23. The van der Waals surface area contributed by atoms with E-state index in [1.165, 1.54) is 0 Å². The van der Waals surface area contributed by atoms with Gasteiger partial charge in [0, 0.05) is 11.3 Å². The minimum Gasteiger partial charge on any atom is -0.382 e. The molecular weight excluding hydrogens is 230 g/mol. The van der Waals surface area contributed by atoms with Crippen molar-refractivity contribution in [3.8, 4) is 0 Å². The van der Waals surface area contributed by atoms with Gasteiger partial charge >= 0.3 is 0 Å². The lowest BCUT2D eigenvalue weighted by atomic mass is 10.1. The Morgan fingerprint density at radius 1 is 1.50 bits per heavy atom. The van der Waals surface area contributed by atoms with Crippen LogP contribution in [-0.4, -0.2) is 18.3 Å². The van der Waals surface area contributed by atoms with E-state index in [2.05, 4.69) is 20.8 Å². The van der Waals surface area contributed by atoms with Crippen molar-refractivity contribution in [1.29, 1.82) is 0 Å². The number of nitrogens with one attached hydrogen (secondary N) is 1. The fourth-order valence-corrected chi connectivity index (χ4v) is 1.40. The Labute approximate surface area is 105 Å². The second-order valence-electron chi connectivity index (χ2n) is 4.21. The number of aryl methyl sites for hydroxylation is 1. The standard InChI is InChI=1S/C12H15N5O/c1-8-2-3-9(6-11(8)14-7-18)12(13)16-17-15-10-4-5-10/h2-3,6-7,10H,4-5H2,1H3,(H,14,18)(H2,13,15,16). The molecule has 0 aliphatic heterocycles. The molecule has 0 heterocycles. The summed E-state index contributed by atoms with van der Waals surface area (Å²) in [6, 6.07) is 5.78. The molecule has 6 heteroatoms. The molecule has 0 atom stereocenters. The number of nitrogens with zero attached hydrogens (tertiary/aromatic N) is 3. The third-order valence-corrected chi connectivity index (χ3v) is 2.66. The van der Waals surface area contributed by atoms with E-state index >= 15 is 0 Å². The predicted molar refractivity (Wildman–Crippen MR) is 69.5 cm³/mol. The Morgan fingerprint density at radius 2 is 2.28 bits per heavy atom. The molecule has 6 nitrogen and oxygen atoms in total. The van der Waals surface area contributed by atoms with Crippen molar-refractivity contribution in [2.24, 2.45) is 21.2 Å². The average Bonchev–Trinajstić information content (AvgIpc) is 3.16. The first-order valence-corrected chi connectivity index (χ1v) is 5.75. The summed E-state index contributed by atoms with van der Waals surface area (Å²) in [7, 11) is 0. The molecular formula is C12H15N5O. The monoisotopic (exact) mass is 245 g/mol. The molecule has 1 amide bonds. The van der Waals surface area contributed by atoms with Crippen LogP contribution in [0.1, 0.15) is 24.0 Å². The predicted octanol–water partition coefficient (Wildman–Crippen LogP) is 1.80. The molecule has 1 aromatic carbocycles. The fraction of sp³-hybridized carbons (Fsp3) is 0.333. The SMILES string of the molecule is Cc1ccc(/C(N)=N/N=NC2CC2)cc1NC=O. The third-order valence-electron chi connectivity index (χ3n) is 2.66. The maximum absolute atomic E-state index is 10.5. The van der Waals surface area contributed by atoms with Crippen LogP contribution in [0.4, 0.5) is 5.69 Å². The van der Waals surface area contributed by atoms with Crippen LogP contribution in [0.15, 0.2) is 33.6 Å². The number of hydrogen-bond acceptors (Lipinski definition) is 3. The van der Waals surface area contributed by atoms with Gasteiger partial charge in [0.2, 0.25) is 6.41 Å². The molecule has 94 valence electrons. The summed E-state index contributed by atoms with van der Waals surface area (Å²) in [5.74, 6) is 0.286. The van der Waals surface area contributed by atoms with Gasteiger partial charge in [-0.2, -0.15) is 5.11 Å². The van der Waals surface area contributed by atoms with Crippen LogP contribution in [-0.2, 0) is 4.79 Å². The first-order valence-electron chi connectivity index (χ1n) is 5.75. The van der Waals surface area contributed by atoms with Crippen molar-refractivity contribution in [3.05, 3.63) is 29.3 Å². The number of hydrogen-bond donors (Lipinski definition) is 2. The molecule has 0 radical (unpaired) electrons. The smallest absolute Gasteiger partial charge is 0.211 e. The van der Waals surface area contributed by atoms with Crippen molar-refractivity contribution in [2.75, 3.05) is 5.32 Å². The summed E-state index contributed by atoms with van der Waals surface area (Å²) in [6.45, 7) is 1.90. The lowest BCUT2D eigenvalue weighted by Gasteiger charge is -2.06. The Bertz CT molecular complexity index is 505. The third kappa shape index (κ3) is 3.13. The van der Waals surface area contributed by atoms with Crippen molar-refractivity contribution < 1.29 is 4.79 Å². The summed E-state index contributed by atoms with van der Waals surface area (Å²) in [4.78, 5) is 10.5. The van der Waals surface area contributed by atoms with E-state index in [4.69, 9.17) is 5.73 Å². The van der Waals surface area contributed by atoms with Crippen molar-refractivity contribution in [3.63, 3.8) is 0 Å². The molecule has 1 aliphatic rings. The summed E-state index contributed by atoms with van der Waals surface area (Å²) in [5, 5.41) is 14.1. The minimum atomic E-state index is 0.286. The number of nitrogens with two attached hydrogens (primary N) is 1. The zero-order valence-electron chi connectivity index (χ0n) is 10.1. The van der Waals surface area contributed by atoms with E-state index in [-0.39, 0.29) is 5.84 Å². The molecule has 1 aromatic rings. The number of amidine groups is 1. The molecule has 0 bridgehead atoms. The number of carbonyl (C=O) groups is 1. The van der Waals surface area contributed by atoms with Gasteiger partial charge in [0.25, 0.3) is 0 Å². The lowest BCUT2D eigenvalue weighted by molar-refractivity contribution is -0.105. The fourth-order valence-electron chi connectivity index (χ4n) is 1.40. The first-order chi connectivity index (χ1) is 8.70. The molecule has 0 saturated heterocycles. The highest BCUT2D eigenvalue weighted by molar-refractivity contribution is 5.98. The largest absolute Gasteiger partial charge is 0.382 e. The lowest BCUT2D eigenvalue weighted by Crippen LogP contribution is -2.13. The Kier molecular flexibility index (Phi) is 3.66. The minimum absolute atomic E-state index is 0.286. The zero-order valence-corrected chi connectivity index (χ0v) is 10.1. The van der Waals surface area contributed by atoms with Gasteiger partial charge in [-0.05, 0) is 36.6 Å². The molecule has 3 N–H and O–H groups in total. The molecule has 1 fully saturated rings. The van der Waals surface area contributed by atoms with E-state index in [0.717, 1.165) is 18.4 Å². The van der Waals surface area contributed by atoms with Gasteiger partial charge in [-0.3, -0.25) is 4.79 Å². The van der Waals surface area contributed by atoms with Gasteiger partial charge in [0.15, 0.2) is 5.84 Å². The number of carbonyl (C=O) groups excluding carboxylic acids is 1. The Morgan fingerprint density at radius 3 is 2.94 bits per heavy atom. The van der Waals surface area contributed by atoms with Gasteiger partial charge in [0.05, 0.1) is 6.04 Å². The van der Waals surface area contributed by atoms with Crippen LogP contribution in [0, 0.1) is 6.92 Å². The average molecular weight is 245 g/mol. The van der Waals surface area contributed by atoms with Crippen LogP contribution >= 0.6 is 0 Å². The van der Waals surface area contributed by atoms with Crippen molar-refractivity contribution >= 4 is 17.9 Å². The summed E-state index contributed by atoms with van der Waals surface area (Å²) < 4.78 is 0. The zero-order chi connectivity index (χ0) is 13.0. The molecule has 18 heavy (non-hydrogen) atoms. The van der Waals surface area contributed by atoms with Gasteiger partial charge in [-0.1, -0.05) is 12.1 Å². The molecule has 0 spiro atoms. The topological polar surface area (TPSA) is 92.2 Å². The van der Waals surface area contributed by atoms with Gasteiger partial charge in [-0.25, -0.2) is 0 Å². The van der Waals surface area contributed by atoms with Gasteiger partial charge < -0.3 is 11.1 Å². The maximum atomic E-state index is 10.5. The Hall–Kier alpha value is -2.24. The van der Waals surface area contributed by atoms with E-state index in [1.807, 2.05) is 19.1 Å². The van der Waals surface area contributed by atoms with E-state index in [0.29, 0.717) is 23.7 Å². The van der Waals surface area contributed by atoms with E-state index in [9.17, 15) is 4.79 Å². The van der Waals surface area contributed by atoms with E-state index in [1.54, 1.807) is 6.07 Å². The Balaban J connectivity index is 2.15. The van der Waals surface area contributed by atoms with Crippen LogP contribution < -0.4 is 11.1 Å². The van der Waals surface area contributed by atoms with E-state index < -0.39 is 0 Å². The molecule has 0 unspecified atom stereocenters. The maximum Gasteiger partial charge on any atom is 0.211 e. The molecule has 2 rings (SSSR count).